The number of para-hydroxylation sites is 1. The van der Waals surface area contributed by atoms with E-state index in [1.807, 2.05) is 38.1 Å². The third kappa shape index (κ3) is 6.40. The Labute approximate surface area is 217 Å². The van der Waals surface area contributed by atoms with Crippen molar-refractivity contribution in [1.82, 2.24) is 4.90 Å². The quantitative estimate of drug-likeness (QED) is 0.408. The molecule has 1 heterocycles. The first-order valence-electron chi connectivity index (χ1n) is 11.5. The van der Waals surface area contributed by atoms with Gasteiger partial charge in [0.1, 0.15) is 5.75 Å². The number of hydrogen-bond donors (Lipinski definition) is 0. The second-order valence-electron chi connectivity index (χ2n) is 8.83. The first-order valence-corrected chi connectivity index (χ1v) is 12.9. The van der Waals surface area contributed by atoms with Crippen molar-refractivity contribution < 1.29 is 18.7 Å². The molecule has 2 unspecified atom stereocenters. The number of nitriles is 2. The van der Waals surface area contributed by atoms with Crippen molar-refractivity contribution in [2.45, 2.75) is 37.8 Å². The number of ether oxygens (including phenoxy) is 2. The number of hydrogen-bond acceptors (Lipinski definition) is 6. The van der Waals surface area contributed by atoms with Crippen molar-refractivity contribution in [1.29, 1.82) is 10.5 Å². The molecule has 0 N–H and O–H groups in total. The molecule has 1 saturated heterocycles. The second-order valence-corrected chi connectivity index (χ2v) is 10.3. The van der Waals surface area contributed by atoms with Crippen LogP contribution in [0.2, 0.25) is 0 Å². The summed E-state index contributed by atoms with van der Waals surface area (Å²) in [6, 6.07) is 16.7. The number of likely N-dealkylation sites (tertiary alicyclic amines) is 1. The second kappa shape index (κ2) is 12.8. The Hall–Kier alpha value is -3.02. The summed E-state index contributed by atoms with van der Waals surface area (Å²) in [6.07, 6.45) is -1.98. The molecule has 3 rings (SSSR count). The van der Waals surface area contributed by atoms with Crippen LogP contribution in [0.4, 0.5) is 4.39 Å². The summed E-state index contributed by atoms with van der Waals surface area (Å²) in [5, 5.41) is 18.9. The molecule has 1 aliphatic heterocycles. The van der Waals surface area contributed by atoms with Gasteiger partial charge in [0.05, 0.1) is 18.7 Å². The molecule has 1 amide bonds. The fourth-order valence-electron chi connectivity index (χ4n) is 4.28. The number of benzene rings is 2. The normalized spacial score (nSPS) is 18.9. The van der Waals surface area contributed by atoms with Crippen LogP contribution in [0.3, 0.4) is 0 Å². The zero-order valence-electron chi connectivity index (χ0n) is 20.3. The Bertz CT molecular complexity index is 1220. The van der Waals surface area contributed by atoms with Crippen molar-refractivity contribution in [2.24, 2.45) is 11.8 Å². The van der Waals surface area contributed by atoms with Crippen LogP contribution in [0.15, 0.2) is 42.5 Å². The van der Waals surface area contributed by atoms with Gasteiger partial charge in [0, 0.05) is 5.56 Å². The van der Waals surface area contributed by atoms with Gasteiger partial charge in [-0.25, -0.2) is 0 Å². The number of nitrogens with zero attached hydrogens (tertiary/aromatic N) is 3. The summed E-state index contributed by atoms with van der Waals surface area (Å²) in [6.45, 7) is 3.95. The van der Waals surface area contributed by atoms with Crippen LogP contribution < -0.4 is 9.47 Å². The van der Waals surface area contributed by atoms with E-state index in [4.69, 9.17) is 9.47 Å². The summed E-state index contributed by atoms with van der Waals surface area (Å²) in [4.78, 5) is 17.2. The number of carbonyl (C=O) groups excluding carboxylic acids is 1. The van der Waals surface area contributed by atoms with Crippen LogP contribution in [0.1, 0.15) is 25.8 Å². The van der Waals surface area contributed by atoms with E-state index in [-0.39, 0.29) is 30.7 Å². The molecule has 0 radical (unpaired) electrons. The molecule has 4 atom stereocenters. The molecule has 0 bridgehead atoms. The van der Waals surface area contributed by atoms with Crippen LogP contribution in [-0.4, -0.2) is 48.5 Å². The number of thioether (sulfide) groups is 1. The van der Waals surface area contributed by atoms with Crippen LogP contribution in [0.25, 0.3) is 11.1 Å². The Morgan fingerprint density at radius 2 is 2.00 bits per heavy atom. The van der Waals surface area contributed by atoms with Crippen LogP contribution in [-0.2, 0) is 4.79 Å². The molecule has 1 aliphatic rings. The predicted octanol–water partition coefficient (Wildman–Crippen LogP) is 5.78. The molecular weight excluding hydrogens is 496 g/mol. The summed E-state index contributed by atoms with van der Waals surface area (Å²) >= 11 is 1.21. The van der Waals surface area contributed by atoms with Gasteiger partial charge in [0.2, 0.25) is 0 Å². The number of methoxy groups -OCH3 is 1. The maximum absolute atomic E-state index is 15.2. The third-order valence-electron chi connectivity index (χ3n) is 6.11. The number of rotatable bonds is 8. The molecule has 0 aromatic heterocycles. The molecule has 6 nitrogen and oxygen atoms in total. The Balaban J connectivity index is 1.76. The number of amides is 1. The minimum atomic E-state index is -1.45. The fourth-order valence-corrected chi connectivity index (χ4v) is 5.35. The standard InChI is InChI=1S/C27H27FN3O3PS/c1-17(2)26(36-16-35)22(14-30)27(32)31-9-8-25(23(28)15-31)34-20-11-18(13-29)10-19(12-20)21-6-4-5-7-24(21)33-3/h4-7,10-12,17,22-23,25-26H,8-9,15H2,1-3H3/t22?,23-,25+,26?/m1/s1. The zero-order chi connectivity index (χ0) is 26.2. The SMILES string of the molecule is COc1ccccc1-c1cc(C#N)cc(O[C@H]2CCN(C(=O)C(C#N)C(SC#P)C(C)C)C[C@H]2F)c1. The summed E-state index contributed by atoms with van der Waals surface area (Å²) in [5.41, 5.74) is 1.88. The van der Waals surface area contributed by atoms with Crippen molar-refractivity contribution in [3.05, 3.63) is 48.0 Å². The molecule has 0 spiro atoms. The Morgan fingerprint density at radius 1 is 1.25 bits per heavy atom. The van der Waals surface area contributed by atoms with E-state index in [1.165, 1.54) is 16.7 Å². The maximum atomic E-state index is 15.2. The van der Waals surface area contributed by atoms with Gasteiger partial charge in [0.25, 0.3) is 0 Å². The first-order chi connectivity index (χ1) is 17.3. The van der Waals surface area contributed by atoms with Gasteiger partial charge in [-0.15, -0.1) is 0 Å². The van der Waals surface area contributed by atoms with Crippen molar-refractivity contribution in [2.75, 3.05) is 20.2 Å². The molecule has 1 fully saturated rings. The summed E-state index contributed by atoms with van der Waals surface area (Å²) in [5.74, 6) is -0.260. The van der Waals surface area contributed by atoms with Gasteiger partial charge in [-0.1, -0.05) is 18.2 Å². The number of halogens is 1. The third-order valence-corrected chi connectivity index (χ3v) is 7.62. The van der Waals surface area contributed by atoms with Gasteiger partial charge in [-0.3, -0.25) is 0 Å². The van der Waals surface area contributed by atoms with E-state index in [0.717, 1.165) is 11.1 Å². The Morgan fingerprint density at radius 3 is 2.61 bits per heavy atom. The molecule has 2 aromatic rings. The average molecular weight is 524 g/mol. The van der Waals surface area contributed by atoms with Crippen molar-refractivity contribution >= 4 is 26.4 Å². The van der Waals surface area contributed by atoms with Crippen LogP contribution in [0.5, 0.6) is 11.5 Å². The molecule has 186 valence electrons. The van der Waals surface area contributed by atoms with Crippen molar-refractivity contribution in [3.63, 3.8) is 0 Å². The molecule has 0 saturated carbocycles. The van der Waals surface area contributed by atoms with E-state index in [1.54, 1.807) is 25.3 Å². The topological polar surface area (TPSA) is 86.3 Å². The van der Waals surface area contributed by atoms with E-state index >= 15 is 4.39 Å². The van der Waals surface area contributed by atoms with Gasteiger partial charge in [0.15, 0.2) is 0 Å². The molecule has 0 aliphatic carbocycles. The van der Waals surface area contributed by atoms with Gasteiger partial charge in [-0.05, 0) is 17.7 Å². The molecule has 36 heavy (non-hydrogen) atoms. The predicted molar refractivity (Wildman–Crippen MR) is 140 cm³/mol. The fraction of sp³-hybridized carbons (Fsp3) is 0.407. The van der Waals surface area contributed by atoms with Crippen molar-refractivity contribution in [3.8, 4) is 39.7 Å². The van der Waals surface area contributed by atoms with Crippen LogP contribution in [0, 0.1) is 39.5 Å². The van der Waals surface area contributed by atoms with Gasteiger partial charge < -0.3 is 4.74 Å². The number of carbonyl (C=O) groups is 1. The van der Waals surface area contributed by atoms with Crippen LogP contribution >= 0.6 is 20.5 Å². The Kier molecular flexibility index (Phi) is 9.80. The molecular formula is C27H27FN3O3PS. The minimum absolute atomic E-state index is 0.0372. The van der Waals surface area contributed by atoms with E-state index in [2.05, 4.69) is 25.8 Å². The van der Waals surface area contributed by atoms with Gasteiger partial charge >= 0.3 is 142 Å². The summed E-state index contributed by atoms with van der Waals surface area (Å²) in [7, 11) is 5.56. The molecule has 9 heteroatoms. The monoisotopic (exact) mass is 523 g/mol. The number of alkyl halides is 1. The first kappa shape index (κ1) is 27.6. The van der Waals surface area contributed by atoms with E-state index in [9.17, 15) is 15.3 Å². The van der Waals surface area contributed by atoms with E-state index in [0.29, 0.717) is 17.1 Å². The summed E-state index contributed by atoms with van der Waals surface area (Å²) < 4.78 is 26.7. The molecule has 2 aromatic carbocycles. The number of piperidine rings is 1. The zero-order valence-corrected chi connectivity index (χ0v) is 22.1. The average Bonchev–Trinajstić information content (AvgIpc) is 2.89. The van der Waals surface area contributed by atoms with E-state index < -0.39 is 24.1 Å². The van der Waals surface area contributed by atoms with Gasteiger partial charge in [-0.2, -0.15) is 5.26 Å².